The Balaban J connectivity index is 2.21. The number of sulfonamides is 1. The highest BCUT2D eigenvalue weighted by molar-refractivity contribution is 7.89. The number of imidazole rings is 1. The van der Waals surface area contributed by atoms with E-state index in [-0.39, 0.29) is 23.3 Å². The molecule has 1 fully saturated rings. The van der Waals surface area contributed by atoms with Crippen LogP contribution in [0.3, 0.4) is 0 Å². The standard InChI is InChI=1S/C11H19N5O2S/c1-2-15-7-10(14-8-15)19(17,18)16-5-3-4-9(6-16)11(12)13/h7-9H,2-6H2,1H3,(H3,12,13). The number of nitrogens with zero attached hydrogens (tertiary/aromatic N) is 3. The lowest BCUT2D eigenvalue weighted by Gasteiger charge is -2.30. The third kappa shape index (κ3) is 2.79. The van der Waals surface area contributed by atoms with Crippen LogP contribution in [0.1, 0.15) is 19.8 Å². The van der Waals surface area contributed by atoms with Crippen molar-refractivity contribution in [3.05, 3.63) is 12.5 Å². The Morgan fingerprint density at radius 1 is 1.63 bits per heavy atom. The summed E-state index contributed by atoms with van der Waals surface area (Å²) in [5.41, 5.74) is 5.48. The van der Waals surface area contributed by atoms with Gasteiger partial charge in [-0.1, -0.05) is 0 Å². The fourth-order valence-electron chi connectivity index (χ4n) is 2.19. The number of nitrogens with one attached hydrogen (secondary N) is 1. The Kier molecular flexibility index (Phi) is 3.91. The van der Waals surface area contributed by atoms with Crippen LogP contribution in [0.2, 0.25) is 0 Å². The largest absolute Gasteiger partial charge is 0.387 e. The van der Waals surface area contributed by atoms with Crippen molar-refractivity contribution in [1.82, 2.24) is 13.9 Å². The van der Waals surface area contributed by atoms with Crippen LogP contribution < -0.4 is 5.73 Å². The highest BCUT2D eigenvalue weighted by atomic mass is 32.2. The van der Waals surface area contributed by atoms with Crippen LogP contribution in [-0.4, -0.2) is 41.2 Å². The van der Waals surface area contributed by atoms with Gasteiger partial charge < -0.3 is 10.3 Å². The molecule has 3 N–H and O–H groups in total. The van der Waals surface area contributed by atoms with Gasteiger partial charge >= 0.3 is 0 Å². The molecule has 7 nitrogen and oxygen atoms in total. The van der Waals surface area contributed by atoms with Crippen molar-refractivity contribution in [3.8, 4) is 0 Å². The molecule has 1 atom stereocenters. The van der Waals surface area contributed by atoms with Crippen LogP contribution in [-0.2, 0) is 16.6 Å². The van der Waals surface area contributed by atoms with E-state index >= 15 is 0 Å². The van der Waals surface area contributed by atoms with Crippen LogP contribution in [0.15, 0.2) is 17.6 Å². The minimum Gasteiger partial charge on any atom is -0.387 e. The van der Waals surface area contributed by atoms with Crippen LogP contribution in [0.4, 0.5) is 0 Å². The first-order valence-electron chi connectivity index (χ1n) is 6.31. The number of hydrogen-bond donors (Lipinski definition) is 2. The van der Waals surface area contributed by atoms with Crippen LogP contribution >= 0.6 is 0 Å². The second-order valence-corrected chi connectivity index (χ2v) is 6.58. The van der Waals surface area contributed by atoms with Gasteiger partial charge in [-0.25, -0.2) is 13.4 Å². The van der Waals surface area contributed by atoms with E-state index in [1.54, 1.807) is 4.57 Å². The molecule has 19 heavy (non-hydrogen) atoms. The maximum Gasteiger partial charge on any atom is 0.262 e. The molecule has 0 aromatic carbocycles. The SMILES string of the molecule is CCn1cnc(S(=O)(=O)N2CCCC(C(=N)N)C2)c1. The molecular formula is C11H19N5O2S. The molecule has 1 aromatic heterocycles. The van der Waals surface area contributed by atoms with Crippen molar-refractivity contribution in [2.75, 3.05) is 13.1 Å². The Morgan fingerprint density at radius 3 is 2.95 bits per heavy atom. The molecule has 0 radical (unpaired) electrons. The molecule has 106 valence electrons. The van der Waals surface area contributed by atoms with Gasteiger partial charge in [-0.15, -0.1) is 0 Å². The molecule has 2 heterocycles. The van der Waals surface area contributed by atoms with Crippen molar-refractivity contribution >= 4 is 15.9 Å². The predicted molar refractivity (Wildman–Crippen MR) is 71.3 cm³/mol. The van der Waals surface area contributed by atoms with E-state index in [1.807, 2.05) is 6.92 Å². The predicted octanol–water partition coefficient (Wildman–Crippen LogP) is 0.240. The smallest absolute Gasteiger partial charge is 0.262 e. The van der Waals surface area contributed by atoms with Crippen molar-refractivity contribution in [3.63, 3.8) is 0 Å². The molecule has 0 spiro atoms. The minimum atomic E-state index is -3.57. The van der Waals surface area contributed by atoms with E-state index in [1.165, 1.54) is 16.8 Å². The fraction of sp³-hybridized carbons (Fsp3) is 0.636. The normalized spacial score (nSPS) is 21.4. The molecule has 1 saturated heterocycles. The summed E-state index contributed by atoms with van der Waals surface area (Å²) in [5, 5.41) is 7.53. The third-order valence-electron chi connectivity index (χ3n) is 3.40. The fourth-order valence-corrected chi connectivity index (χ4v) is 3.65. The maximum absolute atomic E-state index is 12.4. The zero-order chi connectivity index (χ0) is 14.0. The number of rotatable bonds is 4. The zero-order valence-corrected chi connectivity index (χ0v) is 11.7. The molecule has 1 aliphatic heterocycles. The highest BCUT2D eigenvalue weighted by Gasteiger charge is 2.32. The maximum atomic E-state index is 12.4. The number of nitrogens with two attached hydrogens (primary N) is 1. The molecule has 2 rings (SSSR count). The Morgan fingerprint density at radius 2 is 2.37 bits per heavy atom. The summed E-state index contributed by atoms with van der Waals surface area (Å²) in [5.74, 6) is -0.129. The number of aryl methyl sites for hydroxylation is 1. The van der Waals surface area contributed by atoms with Gasteiger partial charge in [-0.3, -0.25) is 5.41 Å². The van der Waals surface area contributed by atoms with E-state index < -0.39 is 10.0 Å². The summed E-state index contributed by atoms with van der Waals surface area (Å²) in [7, 11) is -3.57. The summed E-state index contributed by atoms with van der Waals surface area (Å²) in [4.78, 5) is 3.95. The van der Waals surface area contributed by atoms with Crippen LogP contribution in [0.5, 0.6) is 0 Å². The lowest BCUT2D eigenvalue weighted by Crippen LogP contribution is -2.43. The molecule has 1 aliphatic rings. The first-order chi connectivity index (χ1) is 8.95. The molecule has 0 bridgehead atoms. The summed E-state index contributed by atoms with van der Waals surface area (Å²) in [6.07, 6.45) is 4.54. The topological polar surface area (TPSA) is 105 Å². The highest BCUT2D eigenvalue weighted by Crippen LogP contribution is 2.22. The van der Waals surface area contributed by atoms with E-state index in [4.69, 9.17) is 11.1 Å². The molecule has 8 heteroatoms. The first kappa shape index (κ1) is 14.0. The van der Waals surface area contributed by atoms with Crippen molar-refractivity contribution in [1.29, 1.82) is 5.41 Å². The quantitative estimate of drug-likeness (QED) is 0.610. The molecule has 0 amide bonds. The summed E-state index contributed by atoms with van der Waals surface area (Å²) in [6, 6.07) is 0. The second kappa shape index (κ2) is 5.30. The lowest BCUT2D eigenvalue weighted by atomic mass is 9.99. The third-order valence-corrected chi connectivity index (χ3v) is 5.15. The Labute approximate surface area is 113 Å². The molecule has 1 aromatic rings. The Hall–Kier alpha value is -1.41. The van der Waals surface area contributed by atoms with Gasteiger partial charge in [0.1, 0.15) is 0 Å². The van der Waals surface area contributed by atoms with Gasteiger partial charge in [-0.2, -0.15) is 4.31 Å². The molecular weight excluding hydrogens is 266 g/mol. The monoisotopic (exact) mass is 285 g/mol. The van der Waals surface area contributed by atoms with Gasteiger partial charge in [0, 0.05) is 31.7 Å². The average molecular weight is 285 g/mol. The van der Waals surface area contributed by atoms with Gasteiger partial charge in [0.05, 0.1) is 12.2 Å². The summed E-state index contributed by atoms with van der Waals surface area (Å²) in [6.45, 7) is 3.34. The van der Waals surface area contributed by atoms with Crippen LogP contribution in [0.25, 0.3) is 0 Å². The zero-order valence-electron chi connectivity index (χ0n) is 10.9. The Bertz CT molecular complexity index is 565. The minimum absolute atomic E-state index is 0.0546. The lowest BCUT2D eigenvalue weighted by molar-refractivity contribution is 0.309. The van der Waals surface area contributed by atoms with E-state index in [9.17, 15) is 8.42 Å². The summed E-state index contributed by atoms with van der Waals surface area (Å²) < 4.78 is 27.9. The number of amidine groups is 1. The number of piperidine rings is 1. The van der Waals surface area contributed by atoms with Gasteiger partial charge in [-0.05, 0) is 19.8 Å². The van der Waals surface area contributed by atoms with E-state index in [0.29, 0.717) is 13.1 Å². The van der Waals surface area contributed by atoms with Crippen molar-refractivity contribution in [2.24, 2.45) is 11.7 Å². The van der Waals surface area contributed by atoms with E-state index in [2.05, 4.69) is 4.98 Å². The number of aromatic nitrogens is 2. The first-order valence-corrected chi connectivity index (χ1v) is 7.75. The van der Waals surface area contributed by atoms with Crippen molar-refractivity contribution < 1.29 is 8.42 Å². The van der Waals surface area contributed by atoms with Crippen molar-refractivity contribution in [2.45, 2.75) is 31.3 Å². The molecule has 0 aliphatic carbocycles. The van der Waals surface area contributed by atoms with Gasteiger partial charge in [0.25, 0.3) is 10.0 Å². The number of hydrogen-bond acceptors (Lipinski definition) is 4. The molecule has 0 saturated carbocycles. The average Bonchev–Trinajstić information content (AvgIpc) is 2.88. The molecule has 1 unspecified atom stereocenters. The second-order valence-electron chi connectivity index (χ2n) is 4.70. The van der Waals surface area contributed by atoms with Crippen LogP contribution in [0, 0.1) is 11.3 Å². The summed E-state index contributed by atoms with van der Waals surface area (Å²) >= 11 is 0. The van der Waals surface area contributed by atoms with E-state index in [0.717, 1.165) is 12.8 Å². The van der Waals surface area contributed by atoms with Gasteiger partial charge in [0.2, 0.25) is 0 Å². The van der Waals surface area contributed by atoms with Gasteiger partial charge in [0.15, 0.2) is 5.03 Å².